The standard InChI is InChI=1S/C12H15F2NO3/c1-3-8(6-18-2)15-11-9(13)4-7(12(16)17)5-10(11)14/h4-5,8,15H,3,6H2,1-2H3,(H,16,17). The van der Waals surface area contributed by atoms with E-state index in [0.29, 0.717) is 13.0 Å². The van der Waals surface area contributed by atoms with Crippen molar-refractivity contribution < 1.29 is 23.4 Å². The minimum atomic E-state index is -1.37. The highest BCUT2D eigenvalue weighted by Crippen LogP contribution is 2.22. The minimum Gasteiger partial charge on any atom is -0.478 e. The van der Waals surface area contributed by atoms with Crippen molar-refractivity contribution in [1.82, 2.24) is 0 Å². The number of hydrogen-bond donors (Lipinski definition) is 2. The molecule has 6 heteroatoms. The molecule has 4 nitrogen and oxygen atoms in total. The molecule has 0 fully saturated rings. The third-order valence-corrected chi connectivity index (χ3v) is 2.50. The SMILES string of the molecule is CCC(COC)Nc1c(F)cc(C(=O)O)cc1F. The number of ether oxygens (including phenoxy) is 1. The van der Waals surface area contributed by atoms with Crippen LogP contribution in [0.5, 0.6) is 0 Å². The van der Waals surface area contributed by atoms with Crippen molar-refractivity contribution in [3.63, 3.8) is 0 Å². The van der Waals surface area contributed by atoms with Crippen molar-refractivity contribution in [3.05, 3.63) is 29.3 Å². The van der Waals surface area contributed by atoms with Gasteiger partial charge in [0.1, 0.15) is 17.3 Å². The molecule has 0 aliphatic rings. The molecule has 1 unspecified atom stereocenters. The van der Waals surface area contributed by atoms with E-state index in [2.05, 4.69) is 5.32 Å². The molecule has 0 aromatic heterocycles. The van der Waals surface area contributed by atoms with Gasteiger partial charge in [0, 0.05) is 13.2 Å². The Bertz CT molecular complexity index is 414. The fourth-order valence-corrected chi connectivity index (χ4v) is 1.50. The van der Waals surface area contributed by atoms with Crippen LogP contribution in [0.1, 0.15) is 23.7 Å². The summed E-state index contributed by atoms with van der Waals surface area (Å²) in [5.74, 6) is -3.23. The van der Waals surface area contributed by atoms with Crippen LogP contribution in [-0.4, -0.2) is 30.8 Å². The molecule has 1 aromatic carbocycles. The zero-order chi connectivity index (χ0) is 13.7. The van der Waals surface area contributed by atoms with Crippen molar-refractivity contribution >= 4 is 11.7 Å². The van der Waals surface area contributed by atoms with Crippen molar-refractivity contribution in [2.75, 3.05) is 19.0 Å². The number of halogens is 2. The summed E-state index contributed by atoms with van der Waals surface area (Å²) in [5.41, 5.74) is -0.751. The lowest BCUT2D eigenvalue weighted by Gasteiger charge is -2.18. The summed E-state index contributed by atoms with van der Waals surface area (Å²) in [6.07, 6.45) is 0.618. The highest BCUT2D eigenvalue weighted by atomic mass is 19.1. The van der Waals surface area contributed by atoms with Crippen LogP contribution in [0.25, 0.3) is 0 Å². The summed E-state index contributed by atoms with van der Waals surface area (Å²) >= 11 is 0. The van der Waals surface area contributed by atoms with E-state index < -0.39 is 23.2 Å². The molecule has 1 rings (SSSR count). The molecule has 2 N–H and O–H groups in total. The van der Waals surface area contributed by atoms with Gasteiger partial charge in [0.25, 0.3) is 0 Å². The Labute approximate surface area is 104 Å². The Morgan fingerprint density at radius 3 is 2.39 bits per heavy atom. The average molecular weight is 259 g/mol. The molecule has 0 saturated heterocycles. The fraction of sp³-hybridized carbons (Fsp3) is 0.417. The molecule has 0 radical (unpaired) electrons. The Balaban J connectivity index is 2.99. The molecular formula is C12H15F2NO3. The van der Waals surface area contributed by atoms with E-state index in [4.69, 9.17) is 9.84 Å². The number of hydrogen-bond acceptors (Lipinski definition) is 3. The monoisotopic (exact) mass is 259 g/mol. The number of benzene rings is 1. The predicted molar refractivity (Wildman–Crippen MR) is 62.9 cm³/mol. The predicted octanol–water partition coefficient (Wildman–Crippen LogP) is 2.50. The first-order valence-electron chi connectivity index (χ1n) is 5.47. The summed E-state index contributed by atoms with van der Waals surface area (Å²) < 4.78 is 32.1. The highest BCUT2D eigenvalue weighted by Gasteiger charge is 2.17. The van der Waals surface area contributed by atoms with Gasteiger partial charge in [-0.05, 0) is 18.6 Å². The molecule has 18 heavy (non-hydrogen) atoms. The topological polar surface area (TPSA) is 58.6 Å². The highest BCUT2D eigenvalue weighted by molar-refractivity contribution is 5.88. The lowest BCUT2D eigenvalue weighted by atomic mass is 10.1. The third kappa shape index (κ3) is 3.40. The summed E-state index contributed by atoms with van der Waals surface area (Å²) in [4.78, 5) is 10.6. The Morgan fingerprint density at radius 2 is 2.00 bits per heavy atom. The second kappa shape index (κ2) is 6.30. The number of carboxylic acid groups (broad SMARTS) is 1. The molecule has 1 atom stereocenters. The number of carboxylic acids is 1. The lowest BCUT2D eigenvalue weighted by molar-refractivity contribution is 0.0696. The van der Waals surface area contributed by atoms with Gasteiger partial charge < -0.3 is 15.2 Å². The quantitative estimate of drug-likeness (QED) is 0.824. The van der Waals surface area contributed by atoms with E-state index in [1.165, 1.54) is 7.11 Å². The zero-order valence-corrected chi connectivity index (χ0v) is 10.2. The number of anilines is 1. The van der Waals surface area contributed by atoms with Crippen molar-refractivity contribution in [2.24, 2.45) is 0 Å². The normalized spacial score (nSPS) is 12.2. The first-order valence-corrected chi connectivity index (χ1v) is 5.47. The Morgan fingerprint density at radius 1 is 1.44 bits per heavy atom. The molecule has 0 spiro atoms. The molecule has 0 saturated carbocycles. The van der Waals surface area contributed by atoms with Crippen LogP contribution in [-0.2, 0) is 4.74 Å². The Hall–Kier alpha value is -1.69. The largest absolute Gasteiger partial charge is 0.478 e. The van der Waals surface area contributed by atoms with Gasteiger partial charge >= 0.3 is 5.97 Å². The smallest absolute Gasteiger partial charge is 0.335 e. The van der Waals surface area contributed by atoms with E-state index in [-0.39, 0.29) is 11.7 Å². The van der Waals surface area contributed by atoms with Gasteiger partial charge in [-0.2, -0.15) is 0 Å². The molecule has 0 aliphatic heterocycles. The van der Waals surface area contributed by atoms with Crippen LogP contribution < -0.4 is 5.32 Å². The number of aromatic carboxylic acids is 1. The van der Waals surface area contributed by atoms with Crippen LogP contribution in [0.15, 0.2) is 12.1 Å². The molecule has 100 valence electrons. The molecule has 1 aromatic rings. The maximum absolute atomic E-state index is 13.6. The zero-order valence-electron chi connectivity index (χ0n) is 10.2. The van der Waals surface area contributed by atoms with Gasteiger partial charge in [-0.1, -0.05) is 6.92 Å². The maximum atomic E-state index is 13.6. The second-order valence-corrected chi connectivity index (χ2v) is 3.82. The molecular weight excluding hydrogens is 244 g/mol. The number of carbonyl (C=O) groups is 1. The van der Waals surface area contributed by atoms with Crippen molar-refractivity contribution in [1.29, 1.82) is 0 Å². The van der Waals surface area contributed by atoms with E-state index in [9.17, 15) is 13.6 Å². The van der Waals surface area contributed by atoms with Gasteiger partial charge in [0.15, 0.2) is 0 Å². The summed E-state index contributed by atoms with van der Waals surface area (Å²) in [7, 11) is 1.49. The van der Waals surface area contributed by atoms with E-state index in [0.717, 1.165) is 12.1 Å². The molecule has 0 bridgehead atoms. The lowest BCUT2D eigenvalue weighted by Crippen LogP contribution is -2.25. The fourth-order valence-electron chi connectivity index (χ4n) is 1.50. The second-order valence-electron chi connectivity index (χ2n) is 3.82. The van der Waals surface area contributed by atoms with Crippen molar-refractivity contribution in [2.45, 2.75) is 19.4 Å². The van der Waals surface area contributed by atoms with Crippen molar-refractivity contribution in [3.8, 4) is 0 Å². The van der Waals surface area contributed by atoms with Crippen LogP contribution in [0.4, 0.5) is 14.5 Å². The Kier molecular flexibility index (Phi) is 5.03. The first-order chi connectivity index (χ1) is 8.49. The summed E-state index contributed by atoms with van der Waals surface area (Å²) in [5, 5.41) is 11.3. The van der Waals surface area contributed by atoms with Gasteiger partial charge in [0.2, 0.25) is 0 Å². The van der Waals surface area contributed by atoms with Crippen LogP contribution >= 0.6 is 0 Å². The average Bonchev–Trinajstić information content (AvgIpc) is 2.31. The number of nitrogens with one attached hydrogen (secondary N) is 1. The third-order valence-electron chi connectivity index (χ3n) is 2.50. The van der Waals surface area contributed by atoms with Crippen LogP contribution in [0.3, 0.4) is 0 Å². The van der Waals surface area contributed by atoms with Gasteiger partial charge in [-0.15, -0.1) is 0 Å². The van der Waals surface area contributed by atoms with Crippen LogP contribution in [0.2, 0.25) is 0 Å². The maximum Gasteiger partial charge on any atom is 0.335 e. The molecule has 0 amide bonds. The van der Waals surface area contributed by atoms with E-state index in [1.807, 2.05) is 6.92 Å². The first kappa shape index (κ1) is 14.4. The molecule has 0 aliphatic carbocycles. The summed E-state index contributed by atoms with van der Waals surface area (Å²) in [6, 6.07) is 1.33. The van der Waals surface area contributed by atoms with E-state index in [1.54, 1.807) is 0 Å². The van der Waals surface area contributed by atoms with Gasteiger partial charge in [-0.3, -0.25) is 0 Å². The van der Waals surface area contributed by atoms with Crippen LogP contribution in [0, 0.1) is 11.6 Å². The number of methoxy groups -OCH3 is 1. The number of rotatable bonds is 6. The minimum absolute atomic E-state index is 0.241. The summed E-state index contributed by atoms with van der Waals surface area (Å²) in [6.45, 7) is 2.15. The molecule has 0 heterocycles. The van der Waals surface area contributed by atoms with E-state index >= 15 is 0 Å². The van der Waals surface area contributed by atoms with Gasteiger partial charge in [0.05, 0.1) is 12.2 Å². The van der Waals surface area contributed by atoms with Gasteiger partial charge in [-0.25, -0.2) is 13.6 Å².